The van der Waals surface area contributed by atoms with Gasteiger partial charge in [0, 0.05) is 51.9 Å². The average Bonchev–Trinajstić information content (AvgIpc) is 2.65. The van der Waals surface area contributed by atoms with Crippen LogP contribution in [0.2, 0.25) is 0 Å². The third kappa shape index (κ3) is 4.26. The lowest BCUT2D eigenvalue weighted by Crippen LogP contribution is -2.52. The molecule has 2 fully saturated rings. The Morgan fingerprint density at radius 3 is 2.69 bits per heavy atom. The second-order valence-electron chi connectivity index (χ2n) is 7.82. The molecule has 2 heterocycles. The van der Waals surface area contributed by atoms with E-state index in [0.29, 0.717) is 13.0 Å². The number of rotatable bonds is 5. The molecule has 5 nitrogen and oxygen atoms in total. The first-order valence-corrected chi connectivity index (χ1v) is 9.66. The lowest BCUT2D eigenvalue weighted by molar-refractivity contribution is -0.139. The van der Waals surface area contributed by atoms with Crippen LogP contribution in [-0.2, 0) is 9.53 Å². The van der Waals surface area contributed by atoms with E-state index >= 15 is 0 Å². The van der Waals surface area contributed by atoms with E-state index in [9.17, 15) is 9.59 Å². The SMILES string of the molecule is COCCCN1CC2(CCC1=O)CCN(C(=O)c1cccc(C)c1)CC2. The van der Waals surface area contributed by atoms with Gasteiger partial charge in [-0.15, -0.1) is 0 Å². The number of aryl methyl sites for hydroxylation is 1. The Balaban J connectivity index is 1.58. The number of benzene rings is 1. The zero-order valence-electron chi connectivity index (χ0n) is 16.0. The predicted molar refractivity (Wildman–Crippen MR) is 101 cm³/mol. The van der Waals surface area contributed by atoms with Crippen molar-refractivity contribution in [2.45, 2.75) is 39.0 Å². The number of nitrogens with zero attached hydrogens (tertiary/aromatic N) is 2. The van der Waals surface area contributed by atoms with Crippen molar-refractivity contribution < 1.29 is 14.3 Å². The van der Waals surface area contributed by atoms with Crippen molar-refractivity contribution in [2.24, 2.45) is 5.41 Å². The van der Waals surface area contributed by atoms with Crippen LogP contribution in [0.1, 0.15) is 48.0 Å². The van der Waals surface area contributed by atoms with Crippen LogP contribution in [-0.4, -0.2) is 61.5 Å². The molecule has 0 saturated carbocycles. The molecule has 2 aliphatic heterocycles. The molecule has 142 valence electrons. The van der Waals surface area contributed by atoms with E-state index in [0.717, 1.165) is 63.0 Å². The van der Waals surface area contributed by atoms with Crippen LogP contribution in [0.4, 0.5) is 0 Å². The summed E-state index contributed by atoms with van der Waals surface area (Å²) in [4.78, 5) is 29.0. The summed E-state index contributed by atoms with van der Waals surface area (Å²) >= 11 is 0. The van der Waals surface area contributed by atoms with Crippen LogP contribution in [0, 0.1) is 12.3 Å². The zero-order valence-corrected chi connectivity index (χ0v) is 16.0. The molecule has 5 heteroatoms. The summed E-state index contributed by atoms with van der Waals surface area (Å²) in [5.74, 6) is 0.400. The quantitative estimate of drug-likeness (QED) is 0.761. The molecule has 1 aromatic rings. The van der Waals surface area contributed by atoms with Crippen molar-refractivity contribution in [1.29, 1.82) is 0 Å². The molecule has 0 bridgehead atoms. The van der Waals surface area contributed by atoms with E-state index in [1.165, 1.54) is 0 Å². The fourth-order valence-electron chi connectivity index (χ4n) is 4.26. The highest BCUT2D eigenvalue weighted by Crippen LogP contribution is 2.40. The summed E-state index contributed by atoms with van der Waals surface area (Å²) in [5, 5.41) is 0. The van der Waals surface area contributed by atoms with Gasteiger partial charge >= 0.3 is 0 Å². The number of amides is 2. The Morgan fingerprint density at radius 1 is 1.23 bits per heavy atom. The molecular formula is C21H30N2O3. The van der Waals surface area contributed by atoms with Gasteiger partial charge in [-0.3, -0.25) is 9.59 Å². The minimum Gasteiger partial charge on any atom is -0.385 e. The van der Waals surface area contributed by atoms with Gasteiger partial charge in [-0.25, -0.2) is 0 Å². The lowest BCUT2D eigenvalue weighted by Gasteiger charge is -2.47. The van der Waals surface area contributed by atoms with Crippen LogP contribution in [0.25, 0.3) is 0 Å². The summed E-state index contributed by atoms with van der Waals surface area (Å²) in [6.45, 7) is 5.89. The van der Waals surface area contributed by atoms with Crippen LogP contribution in [0.5, 0.6) is 0 Å². The van der Waals surface area contributed by atoms with Gasteiger partial charge in [-0.05, 0) is 50.2 Å². The molecule has 0 radical (unpaired) electrons. The first kappa shape index (κ1) is 18.9. The normalized spacial score (nSPS) is 19.8. The smallest absolute Gasteiger partial charge is 0.253 e. The molecule has 2 saturated heterocycles. The Hall–Kier alpha value is -1.88. The van der Waals surface area contributed by atoms with Gasteiger partial charge in [-0.1, -0.05) is 17.7 Å². The van der Waals surface area contributed by atoms with Crippen LogP contribution >= 0.6 is 0 Å². The summed E-state index contributed by atoms with van der Waals surface area (Å²) in [6.07, 6.45) is 4.45. The van der Waals surface area contributed by atoms with E-state index in [-0.39, 0.29) is 17.2 Å². The van der Waals surface area contributed by atoms with Crippen molar-refractivity contribution in [3.63, 3.8) is 0 Å². The maximum atomic E-state index is 12.8. The van der Waals surface area contributed by atoms with Gasteiger partial charge in [0.25, 0.3) is 5.91 Å². The second-order valence-corrected chi connectivity index (χ2v) is 7.82. The first-order valence-electron chi connectivity index (χ1n) is 9.66. The van der Waals surface area contributed by atoms with Crippen molar-refractivity contribution in [3.8, 4) is 0 Å². The highest BCUT2D eigenvalue weighted by atomic mass is 16.5. The Morgan fingerprint density at radius 2 is 2.00 bits per heavy atom. The molecule has 0 aromatic heterocycles. The molecule has 2 amide bonds. The fourth-order valence-corrected chi connectivity index (χ4v) is 4.26. The molecule has 1 aromatic carbocycles. The number of carbonyl (C=O) groups excluding carboxylic acids is 2. The summed E-state index contributed by atoms with van der Waals surface area (Å²) < 4.78 is 5.11. The summed E-state index contributed by atoms with van der Waals surface area (Å²) in [5.41, 5.74) is 2.08. The minimum absolute atomic E-state index is 0.132. The van der Waals surface area contributed by atoms with E-state index in [1.807, 2.05) is 41.0 Å². The molecule has 0 N–H and O–H groups in total. The third-order valence-electron chi connectivity index (χ3n) is 5.90. The third-order valence-corrected chi connectivity index (χ3v) is 5.90. The van der Waals surface area contributed by atoms with Crippen molar-refractivity contribution in [2.75, 3.05) is 39.9 Å². The highest BCUT2D eigenvalue weighted by molar-refractivity contribution is 5.94. The van der Waals surface area contributed by atoms with Crippen molar-refractivity contribution in [1.82, 2.24) is 9.80 Å². The number of methoxy groups -OCH3 is 1. The standard InChI is InChI=1S/C21H30N2O3/c1-17-5-3-6-18(15-17)20(25)22-12-9-21(10-13-22)8-7-19(24)23(16-21)11-4-14-26-2/h3,5-6,15H,4,7-14,16H2,1-2H3. The minimum atomic E-state index is 0.132. The van der Waals surface area contributed by atoms with E-state index in [2.05, 4.69) is 0 Å². The molecule has 0 atom stereocenters. The van der Waals surface area contributed by atoms with Crippen LogP contribution in [0.15, 0.2) is 24.3 Å². The highest BCUT2D eigenvalue weighted by Gasteiger charge is 2.41. The predicted octanol–water partition coefficient (Wildman–Crippen LogP) is 2.88. The summed E-state index contributed by atoms with van der Waals surface area (Å²) in [7, 11) is 1.69. The molecule has 2 aliphatic rings. The Bertz CT molecular complexity index is 650. The number of carbonyl (C=O) groups is 2. The van der Waals surface area contributed by atoms with E-state index in [4.69, 9.17) is 4.74 Å². The molecule has 26 heavy (non-hydrogen) atoms. The summed E-state index contributed by atoms with van der Waals surface area (Å²) in [6, 6.07) is 7.82. The van der Waals surface area contributed by atoms with Gasteiger partial charge in [0.1, 0.15) is 0 Å². The van der Waals surface area contributed by atoms with Crippen LogP contribution in [0.3, 0.4) is 0 Å². The van der Waals surface area contributed by atoms with Gasteiger partial charge in [0.05, 0.1) is 0 Å². The van der Waals surface area contributed by atoms with E-state index < -0.39 is 0 Å². The number of hydrogen-bond acceptors (Lipinski definition) is 3. The van der Waals surface area contributed by atoms with Crippen molar-refractivity contribution in [3.05, 3.63) is 35.4 Å². The average molecular weight is 358 g/mol. The lowest BCUT2D eigenvalue weighted by atomic mass is 9.72. The maximum Gasteiger partial charge on any atom is 0.253 e. The number of hydrogen-bond donors (Lipinski definition) is 0. The molecular weight excluding hydrogens is 328 g/mol. The topological polar surface area (TPSA) is 49.9 Å². The Kier molecular flexibility index (Phi) is 5.97. The number of likely N-dealkylation sites (tertiary alicyclic amines) is 2. The van der Waals surface area contributed by atoms with Gasteiger partial charge in [-0.2, -0.15) is 0 Å². The van der Waals surface area contributed by atoms with Crippen molar-refractivity contribution >= 4 is 11.8 Å². The second kappa shape index (κ2) is 8.21. The maximum absolute atomic E-state index is 12.8. The van der Waals surface area contributed by atoms with Gasteiger partial charge < -0.3 is 14.5 Å². The Labute approximate surface area is 156 Å². The van der Waals surface area contributed by atoms with E-state index in [1.54, 1.807) is 7.11 Å². The molecule has 3 rings (SSSR count). The van der Waals surface area contributed by atoms with Gasteiger partial charge in [0.15, 0.2) is 0 Å². The monoisotopic (exact) mass is 358 g/mol. The number of ether oxygens (including phenoxy) is 1. The largest absolute Gasteiger partial charge is 0.385 e. The van der Waals surface area contributed by atoms with Crippen LogP contribution < -0.4 is 0 Å². The molecule has 0 unspecified atom stereocenters. The molecule has 1 spiro atoms. The zero-order chi connectivity index (χ0) is 18.6. The number of piperidine rings is 2. The fraction of sp³-hybridized carbons (Fsp3) is 0.619. The molecule has 0 aliphatic carbocycles. The van der Waals surface area contributed by atoms with Gasteiger partial charge in [0.2, 0.25) is 5.91 Å². The first-order chi connectivity index (χ1) is 12.5.